The first-order valence-electron chi connectivity index (χ1n) is 17.3. The third-order valence-electron chi connectivity index (χ3n) is 10.4. The topological polar surface area (TPSA) is 22.8 Å². The summed E-state index contributed by atoms with van der Waals surface area (Å²) in [5.41, 5.74) is 11.7. The van der Waals surface area contributed by atoms with E-state index in [-0.39, 0.29) is 0 Å². The third-order valence-corrected chi connectivity index (χ3v) is 11.6. The van der Waals surface area contributed by atoms with E-state index in [9.17, 15) is 0 Å². The number of nitrogens with zero attached hydrogens (tertiary/aromatic N) is 3. The monoisotopic (exact) mass is 667 g/mol. The van der Waals surface area contributed by atoms with Crippen LogP contribution in [0.4, 0.5) is 0 Å². The van der Waals surface area contributed by atoms with Gasteiger partial charge in [-0.3, -0.25) is 4.57 Å². The lowest BCUT2D eigenvalue weighted by atomic mass is 10.0. The van der Waals surface area contributed by atoms with E-state index in [0.717, 1.165) is 22.2 Å². The molecule has 11 aromatic rings. The van der Waals surface area contributed by atoms with E-state index < -0.39 is 0 Å². The largest absolute Gasteiger partial charge is 0.309 e. The Morgan fingerprint density at radius 1 is 0.392 bits per heavy atom. The summed E-state index contributed by atoms with van der Waals surface area (Å²) in [6.07, 6.45) is 1.91. The smallest absolute Gasteiger partial charge is 0.145 e. The Morgan fingerprint density at radius 3 is 1.82 bits per heavy atom. The molecule has 0 saturated heterocycles. The van der Waals surface area contributed by atoms with Crippen molar-refractivity contribution in [2.45, 2.75) is 0 Å². The highest BCUT2D eigenvalue weighted by Crippen LogP contribution is 2.42. The Bertz CT molecular complexity index is 3130. The lowest BCUT2D eigenvalue weighted by Gasteiger charge is -2.10. The first-order valence-corrected chi connectivity index (χ1v) is 18.1. The van der Waals surface area contributed by atoms with Crippen LogP contribution in [0, 0.1) is 0 Å². The van der Waals surface area contributed by atoms with Gasteiger partial charge in [0.15, 0.2) is 0 Å². The highest BCUT2D eigenvalue weighted by Gasteiger charge is 2.19. The normalized spacial score (nSPS) is 11.9. The molecule has 0 radical (unpaired) electrons. The van der Waals surface area contributed by atoms with Crippen LogP contribution in [0.3, 0.4) is 0 Å². The Balaban J connectivity index is 1.07. The highest BCUT2D eigenvalue weighted by molar-refractivity contribution is 7.26. The average Bonchev–Trinajstić information content (AvgIpc) is 3.86. The zero-order chi connectivity index (χ0) is 33.5. The SMILES string of the molecule is c1ccc(-c2ccc(-n3c4ccccc4c4cc(-c5ccc6c(c5)c5cccnc5n6-c5cccc6c5sc5ccccc56)ccc43)cc2)cc1. The summed E-state index contributed by atoms with van der Waals surface area (Å²) in [6.45, 7) is 0. The molecule has 4 aromatic heterocycles. The number of fused-ring (bicyclic) bond motifs is 9. The highest BCUT2D eigenvalue weighted by atomic mass is 32.1. The van der Waals surface area contributed by atoms with Crippen LogP contribution in [-0.4, -0.2) is 14.1 Å². The van der Waals surface area contributed by atoms with Gasteiger partial charge >= 0.3 is 0 Å². The van der Waals surface area contributed by atoms with Crippen molar-refractivity contribution in [2.24, 2.45) is 0 Å². The number of para-hydroxylation sites is 1. The minimum absolute atomic E-state index is 0.978. The fourth-order valence-electron chi connectivity index (χ4n) is 8.04. The fourth-order valence-corrected chi connectivity index (χ4v) is 9.25. The second kappa shape index (κ2) is 11.0. The van der Waals surface area contributed by atoms with Crippen molar-refractivity contribution in [2.75, 3.05) is 0 Å². The van der Waals surface area contributed by atoms with Gasteiger partial charge in [-0.2, -0.15) is 0 Å². The summed E-state index contributed by atoms with van der Waals surface area (Å²) >= 11 is 1.85. The standard InChI is InChI=1S/C47H29N3S/c1-2-10-30(11-3-1)31-19-23-34(24-20-31)49-41-16-6-4-12-35(41)39-28-32(21-25-42(39)49)33-22-26-43-40(29-33)38-15-9-27-48-47(38)50(43)44-17-8-14-37-36-13-5-7-18-45(36)51-46(37)44/h1-29H. The van der Waals surface area contributed by atoms with Gasteiger partial charge in [0.25, 0.3) is 0 Å². The fraction of sp³-hybridized carbons (Fsp3) is 0. The van der Waals surface area contributed by atoms with E-state index in [2.05, 4.69) is 173 Å². The molecule has 0 unspecified atom stereocenters. The molecule has 0 spiro atoms. The van der Waals surface area contributed by atoms with Gasteiger partial charge in [0.1, 0.15) is 5.65 Å². The van der Waals surface area contributed by atoms with Gasteiger partial charge < -0.3 is 4.57 Å². The lowest BCUT2D eigenvalue weighted by Crippen LogP contribution is -1.95. The maximum Gasteiger partial charge on any atom is 0.145 e. The Kier molecular flexibility index (Phi) is 6.12. The van der Waals surface area contributed by atoms with Gasteiger partial charge in [0.05, 0.1) is 26.9 Å². The molecule has 0 atom stereocenters. The number of aromatic nitrogens is 3. The number of thiophene rings is 1. The van der Waals surface area contributed by atoms with Gasteiger partial charge in [-0.25, -0.2) is 4.98 Å². The van der Waals surface area contributed by atoms with Crippen molar-refractivity contribution in [1.82, 2.24) is 14.1 Å². The Morgan fingerprint density at radius 2 is 1.00 bits per heavy atom. The molecule has 3 nitrogen and oxygen atoms in total. The van der Waals surface area contributed by atoms with Crippen LogP contribution in [-0.2, 0) is 0 Å². The van der Waals surface area contributed by atoms with Crippen LogP contribution in [0.25, 0.3) is 97.5 Å². The second-order valence-electron chi connectivity index (χ2n) is 13.2. The molecule has 0 fully saturated rings. The zero-order valence-corrected chi connectivity index (χ0v) is 28.3. The third kappa shape index (κ3) is 4.27. The summed E-state index contributed by atoms with van der Waals surface area (Å²) in [5.74, 6) is 0. The van der Waals surface area contributed by atoms with Crippen LogP contribution in [0.1, 0.15) is 0 Å². The Hall–Kier alpha value is -6.49. The molecule has 0 aliphatic heterocycles. The van der Waals surface area contributed by atoms with Crippen molar-refractivity contribution in [1.29, 1.82) is 0 Å². The molecular weight excluding hydrogens is 639 g/mol. The van der Waals surface area contributed by atoms with E-state index in [1.807, 2.05) is 23.6 Å². The number of benzene rings is 7. The number of rotatable bonds is 4. The van der Waals surface area contributed by atoms with Crippen molar-refractivity contribution >= 4 is 75.3 Å². The lowest BCUT2D eigenvalue weighted by molar-refractivity contribution is 1.15. The maximum atomic E-state index is 4.95. The molecule has 0 aliphatic rings. The number of pyridine rings is 1. The molecule has 0 bridgehead atoms. The summed E-state index contributed by atoms with van der Waals surface area (Å²) in [7, 11) is 0. The van der Waals surface area contributed by atoms with E-state index in [4.69, 9.17) is 4.98 Å². The predicted octanol–water partition coefficient (Wildman–Crippen LogP) is 13.0. The summed E-state index contributed by atoms with van der Waals surface area (Å²) in [4.78, 5) is 4.95. The molecule has 4 heteroatoms. The van der Waals surface area contributed by atoms with Crippen LogP contribution < -0.4 is 0 Å². The molecular formula is C47H29N3S. The second-order valence-corrected chi connectivity index (χ2v) is 14.2. The van der Waals surface area contributed by atoms with E-state index >= 15 is 0 Å². The molecule has 0 amide bonds. The van der Waals surface area contributed by atoms with Crippen LogP contribution >= 0.6 is 11.3 Å². The minimum atomic E-state index is 0.978. The Labute approximate surface area is 297 Å². The predicted molar refractivity (Wildman–Crippen MR) is 217 cm³/mol. The van der Waals surface area contributed by atoms with Crippen molar-refractivity contribution in [3.63, 3.8) is 0 Å². The van der Waals surface area contributed by atoms with Crippen LogP contribution in [0.5, 0.6) is 0 Å². The molecule has 11 rings (SSSR count). The van der Waals surface area contributed by atoms with E-state index in [1.165, 1.54) is 75.3 Å². The van der Waals surface area contributed by atoms with Gasteiger partial charge in [-0.15, -0.1) is 11.3 Å². The first-order chi connectivity index (χ1) is 25.3. The summed E-state index contributed by atoms with van der Waals surface area (Å²) < 4.78 is 7.33. The molecule has 238 valence electrons. The van der Waals surface area contributed by atoms with Gasteiger partial charge in [-0.05, 0) is 89.0 Å². The summed E-state index contributed by atoms with van der Waals surface area (Å²) in [5, 5.41) is 7.45. The van der Waals surface area contributed by atoms with Crippen molar-refractivity contribution < 1.29 is 0 Å². The quantitative estimate of drug-likeness (QED) is 0.183. The maximum absolute atomic E-state index is 4.95. The molecule has 7 aromatic carbocycles. The van der Waals surface area contributed by atoms with Gasteiger partial charge in [0, 0.05) is 48.9 Å². The van der Waals surface area contributed by atoms with Crippen LogP contribution in [0.2, 0.25) is 0 Å². The summed E-state index contributed by atoms with van der Waals surface area (Å²) in [6, 6.07) is 61.6. The number of hydrogen-bond donors (Lipinski definition) is 0. The molecule has 0 N–H and O–H groups in total. The van der Waals surface area contributed by atoms with Crippen molar-refractivity contribution in [3.8, 4) is 33.6 Å². The first kappa shape index (κ1) is 28.4. The van der Waals surface area contributed by atoms with Gasteiger partial charge in [0.2, 0.25) is 0 Å². The molecule has 4 heterocycles. The molecule has 51 heavy (non-hydrogen) atoms. The number of hydrogen-bond acceptors (Lipinski definition) is 2. The van der Waals surface area contributed by atoms with E-state index in [0.29, 0.717) is 0 Å². The minimum Gasteiger partial charge on any atom is -0.309 e. The zero-order valence-electron chi connectivity index (χ0n) is 27.5. The molecule has 0 aliphatic carbocycles. The molecule has 0 saturated carbocycles. The van der Waals surface area contributed by atoms with E-state index in [1.54, 1.807) is 0 Å². The van der Waals surface area contributed by atoms with Gasteiger partial charge in [-0.1, -0.05) is 103 Å². The van der Waals surface area contributed by atoms with Crippen LogP contribution in [0.15, 0.2) is 176 Å². The van der Waals surface area contributed by atoms with Crippen molar-refractivity contribution in [3.05, 3.63) is 176 Å². The average molecular weight is 668 g/mol.